The third-order valence-electron chi connectivity index (χ3n) is 6.51. The molecule has 0 bridgehead atoms. The van der Waals surface area contributed by atoms with Crippen molar-refractivity contribution in [1.82, 2.24) is 14.3 Å². The molecule has 1 aromatic carbocycles. The van der Waals surface area contributed by atoms with Gasteiger partial charge in [-0.1, -0.05) is 36.1 Å². The van der Waals surface area contributed by atoms with Gasteiger partial charge in [-0.3, -0.25) is 18.9 Å². The molecular weight excluding hydrogens is 524 g/mol. The van der Waals surface area contributed by atoms with E-state index in [1.165, 1.54) is 16.2 Å². The second kappa shape index (κ2) is 11.5. The lowest BCUT2D eigenvalue weighted by Gasteiger charge is -2.15. The van der Waals surface area contributed by atoms with Crippen molar-refractivity contribution in [2.24, 2.45) is 0 Å². The summed E-state index contributed by atoms with van der Waals surface area (Å²) in [7, 11) is 3.17. The Morgan fingerprint density at radius 1 is 1.21 bits per heavy atom. The second-order valence-electron chi connectivity index (χ2n) is 8.90. The largest absolute Gasteiger partial charge is 0.493 e. The number of fused-ring (bicyclic) bond motifs is 1. The molecule has 0 aliphatic carbocycles. The van der Waals surface area contributed by atoms with E-state index >= 15 is 0 Å². The minimum atomic E-state index is -0.263. The lowest BCUT2D eigenvalue weighted by atomic mass is 10.1. The number of carbonyl (C=O) groups is 1. The Balaban J connectivity index is 1.39. The lowest BCUT2D eigenvalue weighted by Crippen LogP contribution is -2.30. The van der Waals surface area contributed by atoms with Gasteiger partial charge in [0.25, 0.3) is 11.5 Å². The number of thiocarbonyl (C=S) groups is 1. The van der Waals surface area contributed by atoms with E-state index in [0.29, 0.717) is 57.3 Å². The van der Waals surface area contributed by atoms with Crippen molar-refractivity contribution in [3.63, 3.8) is 0 Å². The first-order valence-corrected chi connectivity index (χ1v) is 13.5. The quantitative estimate of drug-likeness (QED) is 0.315. The molecule has 1 N–H and O–H groups in total. The summed E-state index contributed by atoms with van der Waals surface area (Å²) in [6.45, 7) is 1.66. The molecule has 2 saturated heterocycles. The molecule has 1 atom stereocenters. The van der Waals surface area contributed by atoms with E-state index in [0.717, 1.165) is 25.0 Å². The van der Waals surface area contributed by atoms with Crippen LogP contribution in [0.4, 0.5) is 5.82 Å². The number of hydrogen-bond acceptors (Lipinski definition) is 9. The van der Waals surface area contributed by atoms with Gasteiger partial charge >= 0.3 is 0 Å². The average molecular weight is 553 g/mol. The number of aromatic nitrogens is 2. The highest BCUT2D eigenvalue weighted by atomic mass is 32.2. The van der Waals surface area contributed by atoms with E-state index in [-0.39, 0.29) is 17.6 Å². The molecule has 1 amide bonds. The Morgan fingerprint density at radius 2 is 2.05 bits per heavy atom. The smallest absolute Gasteiger partial charge is 0.267 e. The molecule has 38 heavy (non-hydrogen) atoms. The Kier molecular flexibility index (Phi) is 7.96. The van der Waals surface area contributed by atoms with Crippen molar-refractivity contribution in [3.8, 4) is 11.5 Å². The van der Waals surface area contributed by atoms with Crippen molar-refractivity contribution >= 4 is 51.7 Å². The molecule has 2 aromatic heterocycles. The van der Waals surface area contributed by atoms with Crippen LogP contribution in [0.5, 0.6) is 11.5 Å². The maximum atomic E-state index is 13.4. The summed E-state index contributed by atoms with van der Waals surface area (Å²) in [6, 6.07) is 11.0. The number of nitrogens with one attached hydrogen (secondary N) is 1. The summed E-state index contributed by atoms with van der Waals surface area (Å²) in [5, 5.41) is 3.28. The number of pyridine rings is 1. The summed E-state index contributed by atoms with van der Waals surface area (Å²) >= 11 is 6.72. The molecule has 3 aromatic rings. The molecule has 2 fully saturated rings. The molecule has 0 radical (unpaired) electrons. The maximum Gasteiger partial charge on any atom is 0.267 e. The first-order valence-electron chi connectivity index (χ1n) is 12.3. The fraction of sp³-hybridized carbons (Fsp3) is 0.333. The molecular formula is C27H28N4O5S2. The number of rotatable bonds is 9. The molecule has 9 nitrogen and oxygen atoms in total. The predicted molar refractivity (Wildman–Crippen MR) is 152 cm³/mol. The van der Waals surface area contributed by atoms with Crippen LogP contribution in [0.2, 0.25) is 0 Å². The first-order chi connectivity index (χ1) is 18.5. The SMILES string of the molecule is COc1ccc(CCN2C(=O)/C(=C\c3c(NCC4CCCO4)nc4ccccn4c3=O)SC2=S)cc1OC. The highest BCUT2D eigenvalue weighted by Gasteiger charge is 2.32. The predicted octanol–water partition coefficient (Wildman–Crippen LogP) is 3.75. The Bertz CT molecular complexity index is 1470. The van der Waals surface area contributed by atoms with E-state index in [9.17, 15) is 9.59 Å². The Hall–Kier alpha value is -3.41. The summed E-state index contributed by atoms with van der Waals surface area (Å²) < 4.78 is 18.3. The van der Waals surface area contributed by atoms with Crippen LogP contribution in [0, 0.1) is 0 Å². The normalized spacial score (nSPS) is 18.5. The molecule has 1 unspecified atom stereocenters. The molecule has 2 aliphatic heterocycles. The summed E-state index contributed by atoms with van der Waals surface area (Å²) in [5.74, 6) is 1.46. The number of nitrogens with zero attached hydrogens (tertiary/aromatic N) is 3. The van der Waals surface area contributed by atoms with E-state index in [2.05, 4.69) is 10.3 Å². The van der Waals surface area contributed by atoms with Crippen molar-refractivity contribution in [1.29, 1.82) is 0 Å². The maximum absolute atomic E-state index is 13.4. The molecule has 11 heteroatoms. The standard InChI is InChI=1S/C27H28N4O5S2/c1-34-20-9-8-17(14-21(20)35-2)10-12-31-26(33)22(38-27(31)37)15-19-24(28-16-18-6-5-13-36-18)29-23-7-3-4-11-30(23)25(19)32/h3-4,7-9,11,14-15,18,28H,5-6,10,12-13,16H2,1-2H3/b22-15+. The van der Waals surface area contributed by atoms with Gasteiger partial charge in [-0.05, 0) is 55.2 Å². The molecule has 5 rings (SSSR count). The van der Waals surface area contributed by atoms with Crippen molar-refractivity contribution in [2.75, 3.05) is 39.2 Å². The second-order valence-corrected chi connectivity index (χ2v) is 10.6. The molecule has 2 aliphatic rings. The average Bonchev–Trinajstić information content (AvgIpc) is 3.55. The van der Waals surface area contributed by atoms with E-state index in [4.69, 9.17) is 26.4 Å². The van der Waals surface area contributed by atoms with Gasteiger partial charge in [0.05, 0.1) is 30.8 Å². The van der Waals surface area contributed by atoms with Crippen molar-refractivity contribution in [3.05, 3.63) is 69.0 Å². The number of thioether (sulfide) groups is 1. The van der Waals surface area contributed by atoms with Gasteiger partial charge in [-0.2, -0.15) is 0 Å². The van der Waals surface area contributed by atoms with Crippen LogP contribution in [-0.2, 0) is 16.0 Å². The topological polar surface area (TPSA) is 94.4 Å². The molecule has 198 valence electrons. The summed E-state index contributed by atoms with van der Waals surface area (Å²) in [5.41, 5.74) is 1.55. The number of ether oxygens (including phenoxy) is 3. The van der Waals surface area contributed by atoms with Gasteiger partial charge in [0.2, 0.25) is 0 Å². The van der Waals surface area contributed by atoms with E-state index in [1.54, 1.807) is 43.5 Å². The van der Waals surface area contributed by atoms with Gasteiger partial charge in [0.15, 0.2) is 11.5 Å². The zero-order valence-corrected chi connectivity index (χ0v) is 22.8. The van der Waals surface area contributed by atoms with Crippen LogP contribution in [0.1, 0.15) is 24.0 Å². The summed E-state index contributed by atoms with van der Waals surface area (Å²) in [4.78, 5) is 33.4. The van der Waals surface area contributed by atoms with Crippen molar-refractivity contribution in [2.45, 2.75) is 25.4 Å². The van der Waals surface area contributed by atoms with Crippen LogP contribution < -0.4 is 20.3 Å². The fourth-order valence-corrected chi connectivity index (χ4v) is 5.77. The van der Waals surface area contributed by atoms with Crippen molar-refractivity contribution < 1.29 is 19.0 Å². The third-order valence-corrected chi connectivity index (χ3v) is 7.89. The number of carbonyl (C=O) groups excluding carboxylic acids is 1. The number of hydrogen-bond donors (Lipinski definition) is 1. The van der Waals surface area contributed by atoms with Gasteiger partial charge < -0.3 is 19.5 Å². The van der Waals surface area contributed by atoms with Gasteiger partial charge in [0, 0.05) is 25.9 Å². The molecule has 0 spiro atoms. The fourth-order valence-electron chi connectivity index (χ4n) is 4.48. The Labute approximate surface area is 229 Å². The zero-order valence-electron chi connectivity index (χ0n) is 21.1. The number of anilines is 1. The number of amides is 1. The minimum absolute atomic E-state index is 0.0636. The number of methoxy groups -OCH3 is 2. The van der Waals surface area contributed by atoms with Crippen LogP contribution in [0.15, 0.2) is 52.3 Å². The minimum Gasteiger partial charge on any atom is -0.493 e. The highest BCUT2D eigenvalue weighted by Crippen LogP contribution is 2.34. The highest BCUT2D eigenvalue weighted by molar-refractivity contribution is 8.26. The Morgan fingerprint density at radius 3 is 2.82 bits per heavy atom. The summed E-state index contributed by atoms with van der Waals surface area (Å²) in [6.07, 6.45) is 5.87. The van der Waals surface area contributed by atoms with E-state index in [1.807, 2.05) is 24.3 Å². The van der Waals surface area contributed by atoms with Gasteiger partial charge in [-0.25, -0.2) is 4.98 Å². The molecule has 0 saturated carbocycles. The zero-order chi connectivity index (χ0) is 26.6. The third kappa shape index (κ3) is 5.40. The van der Waals surface area contributed by atoms with E-state index < -0.39 is 0 Å². The van der Waals surface area contributed by atoms with Crippen LogP contribution >= 0.6 is 24.0 Å². The molecule has 4 heterocycles. The number of benzene rings is 1. The first kappa shape index (κ1) is 26.2. The van der Waals surface area contributed by atoms with Crippen LogP contribution in [-0.4, -0.2) is 64.5 Å². The van der Waals surface area contributed by atoms with Crippen LogP contribution in [0.25, 0.3) is 11.7 Å². The van der Waals surface area contributed by atoms with Gasteiger partial charge in [0.1, 0.15) is 15.8 Å². The van der Waals surface area contributed by atoms with Gasteiger partial charge in [-0.15, -0.1) is 0 Å². The lowest BCUT2D eigenvalue weighted by molar-refractivity contribution is -0.122. The van der Waals surface area contributed by atoms with Crippen LogP contribution in [0.3, 0.4) is 0 Å². The monoisotopic (exact) mass is 552 g/mol.